The molecule has 0 unspecified atom stereocenters. The van der Waals surface area contributed by atoms with Crippen molar-refractivity contribution in [1.82, 2.24) is 29.2 Å². The number of aromatic nitrogens is 6. The van der Waals surface area contributed by atoms with Gasteiger partial charge in [-0.15, -0.1) is 5.10 Å². The Morgan fingerprint density at radius 1 is 1.33 bits per heavy atom. The van der Waals surface area contributed by atoms with E-state index in [1.54, 1.807) is 21.7 Å². The van der Waals surface area contributed by atoms with Crippen molar-refractivity contribution in [3.63, 3.8) is 0 Å². The zero-order chi connectivity index (χ0) is 22.5. The second kappa shape index (κ2) is 7.80. The molecule has 12 heteroatoms. The van der Waals surface area contributed by atoms with Crippen LogP contribution in [0.4, 0.5) is 27.0 Å². The van der Waals surface area contributed by atoms with Gasteiger partial charge in [0.1, 0.15) is 22.7 Å². The maximum atomic E-state index is 14.5. The van der Waals surface area contributed by atoms with Crippen molar-refractivity contribution in [2.75, 3.05) is 22.1 Å². The lowest BCUT2D eigenvalue weighted by Gasteiger charge is -2.23. The van der Waals surface area contributed by atoms with Gasteiger partial charge < -0.3 is 15.5 Å². The van der Waals surface area contributed by atoms with Crippen LogP contribution < -0.4 is 15.5 Å². The highest BCUT2D eigenvalue weighted by molar-refractivity contribution is 7.10. The molecule has 4 aromatic rings. The molecule has 33 heavy (non-hydrogen) atoms. The quantitative estimate of drug-likeness (QED) is 0.398. The van der Waals surface area contributed by atoms with E-state index in [9.17, 15) is 9.18 Å². The summed E-state index contributed by atoms with van der Waals surface area (Å²) in [4.78, 5) is 19.3. The number of halogens is 1. The molecule has 10 nitrogen and oxygen atoms in total. The Labute approximate surface area is 192 Å². The number of carbonyl (C=O) groups excluding carboxylic acids is 1. The van der Waals surface area contributed by atoms with Crippen LogP contribution in [0.5, 0.6) is 0 Å². The smallest absolute Gasteiger partial charge is 0.247 e. The summed E-state index contributed by atoms with van der Waals surface area (Å²) < 4.78 is 20.3. The predicted molar refractivity (Wildman–Crippen MR) is 123 cm³/mol. The summed E-state index contributed by atoms with van der Waals surface area (Å²) in [6.07, 6.45) is 3.06. The minimum atomic E-state index is -1.16. The van der Waals surface area contributed by atoms with Crippen molar-refractivity contribution in [2.24, 2.45) is 0 Å². The lowest BCUT2D eigenvalue weighted by Crippen LogP contribution is -2.40. The van der Waals surface area contributed by atoms with Crippen molar-refractivity contribution in [1.29, 1.82) is 0 Å². The molecule has 170 valence electrons. The average molecular weight is 468 g/mol. The van der Waals surface area contributed by atoms with Crippen LogP contribution in [-0.4, -0.2) is 53.8 Å². The number of H-pyrrole nitrogens is 1. The normalized spacial score (nSPS) is 20.5. The number of anilines is 4. The molecule has 2 aliphatic rings. The number of rotatable bonds is 6. The van der Waals surface area contributed by atoms with E-state index in [0.717, 1.165) is 16.9 Å². The summed E-state index contributed by atoms with van der Waals surface area (Å²) in [7, 11) is 0. The molecule has 0 aromatic carbocycles. The minimum absolute atomic E-state index is 0.0419. The van der Waals surface area contributed by atoms with Gasteiger partial charge in [0.15, 0.2) is 11.6 Å². The van der Waals surface area contributed by atoms with Gasteiger partial charge in [-0.1, -0.05) is 0 Å². The topological polar surface area (TPSA) is 116 Å². The predicted octanol–water partition coefficient (Wildman–Crippen LogP) is 3.39. The molecule has 1 amide bonds. The Bertz CT molecular complexity index is 1330. The van der Waals surface area contributed by atoms with Crippen molar-refractivity contribution >= 4 is 45.5 Å². The minimum Gasteiger partial charge on any atom is -0.324 e. The fourth-order valence-corrected chi connectivity index (χ4v) is 4.81. The van der Waals surface area contributed by atoms with Crippen molar-refractivity contribution < 1.29 is 9.18 Å². The third-order valence-corrected chi connectivity index (χ3v) is 6.72. The number of aromatic amines is 1. The standard InChI is InChI=1S/C21H22FN9OS/c1-11-7-18(33-29-11)24-20(32)16-8-13(22)10-30(16)21-25-19(15-3-2-6-31(15)28-21)23-17-9-14(26-27-17)12-4-5-12/h2-3,6-7,9,12-13,16H,4-5,8,10H2,1H3,(H,24,32)(H2,23,25,26,27,28)/t13-,16+/m1/s1. The number of alkyl halides is 1. The first-order chi connectivity index (χ1) is 16.0. The molecule has 5 heterocycles. The van der Waals surface area contributed by atoms with E-state index in [2.05, 4.69) is 35.3 Å². The van der Waals surface area contributed by atoms with E-state index in [1.807, 2.05) is 25.1 Å². The zero-order valence-corrected chi connectivity index (χ0v) is 18.6. The summed E-state index contributed by atoms with van der Waals surface area (Å²) in [6.45, 7) is 1.90. The Morgan fingerprint density at radius 2 is 2.21 bits per heavy atom. The fraction of sp³-hybridized carbons (Fsp3) is 0.381. The van der Waals surface area contributed by atoms with E-state index >= 15 is 0 Å². The van der Waals surface area contributed by atoms with E-state index in [-0.39, 0.29) is 24.8 Å². The first-order valence-electron chi connectivity index (χ1n) is 10.9. The molecular formula is C21H22FN9OS. The third kappa shape index (κ3) is 3.90. The average Bonchev–Trinajstić information content (AvgIpc) is 3.17. The summed E-state index contributed by atoms with van der Waals surface area (Å²) in [5, 5.41) is 18.7. The monoisotopic (exact) mass is 467 g/mol. The highest BCUT2D eigenvalue weighted by Crippen LogP contribution is 2.40. The number of hydrogen-bond acceptors (Lipinski definition) is 8. The van der Waals surface area contributed by atoms with Crippen LogP contribution in [0.1, 0.15) is 36.6 Å². The second-order valence-corrected chi connectivity index (χ2v) is 9.33. The first kappa shape index (κ1) is 20.1. The molecule has 6 rings (SSSR count). The lowest BCUT2D eigenvalue weighted by molar-refractivity contribution is -0.117. The van der Waals surface area contributed by atoms with Crippen LogP contribution in [0, 0.1) is 6.92 Å². The van der Waals surface area contributed by atoms with Crippen LogP contribution >= 0.6 is 11.5 Å². The van der Waals surface area contributed by atoms with E-state index in [1.165, 1.54) is 24.4 Å². The summed E-state index contributed by atoms with van der Waals surface area (Å²) >= 11 is 1.20. The van der Waals surface area contributed by atoms with Gasteiger partial charge in [-0.25, -0.2) is 8.91 Å². The highest BCUT2D eigenvalue weighted by atomic mass is 32.1. The van der Waals surface area contributed by atoms with Crippen LogP contribution in [0.3, 0.4) is 0 Å². The molecule has 0 radical (unpaired) electrons. The number of nitrogens with zero attached hydrogens (tertiary/aromatic N) is 6. The van der Waals surface area contributed by atoms with Crippen molar-refractivity contribution in [2.45, 2.75) is 44.3 Å². The molecule has 4 aromatic heterocycles. The molecule has 3 N–H and O–H groups in total. The molecule has 0 spiro atoms. The summed E-state index contributed by atoms with van der Waals surface area (Å²) in [5.74, 6) is 1.73. The van der Waals surface area contributed by atoms with Crippen molar-refractivity contribution in [3.05, 3.63) is 41.9 Å². The zero-order valence-electron chi connectivity index (χ0n) is 17.8. The molecule has 1 aliphatic heterocycles. The van der Waals surface area contributed by atoms with Gasteiger partial charge in [0.2, 0.25) is 11.9 Å². The Balaban J connectivity index is 1.30. The van der Waals surface area contributed by atoms with Crippen LogP contribution in [-0.2, 0) is 4.79 Å². The number of hydrogen-bond donors (Lipinski definition) is 3. The number of fused-ring (bicyclic) bond motifs is 1. The lowest BCUT2D eigenvalue weighted by atomic mass is 10.2. The van der Waals surface area contributed by atoms with Gasteiger partial charge in [0, 0.05) is 30.3 Å². The van der Waals surface area contributed by atoms with Crippen LogP contribution in [0.25, 0.3) is 5.52 Å². The molecular weight excluding hydrogens is 445 g/mol. The molecule has 2 fully saturated rings. The molecule has 1 saturated heterocycles. The third-order valence-electron chi connectivity index (χ3n) is 5.93. The first-order valence-corrected chi connectivity index (χ1v) is 11.6. The van der Waals surface area contributed by atoms with Gasteiger partial charge in [0.25, 0.3) is 0 Å². The second-order valence-electron chi connectivity index (χ2n) is 8.53. The molecule has 0 bridgehead atoms. The Kier molecular flexibility index (Phi) is 4.75. The molecule has 1 saturated carbocycles. The van der Waals surface area contributed by atoms with Gasteiger partial charge in [-0.05, 0) is 49.5 Å². The van der Waals surface area contributed by atoms with Gasteiger partial charge >= 0.3 is 0 Å². The molecule has 2 atom stereocenters. The van der Waals surface area contributed by atoms with E-state index in [4.69, 9.17) is 0 Å². The van der Waals surface area contributed by atoms with Gasteiger partial charge in [-0.2, -0.15) is 14.5 Å². The number of amides is 1. The molecule has 1 aliphatic carbocycles. The Morgan fingerprint density at radius 3 is 3.00 bits per heavy atom. The maximum Gasteiger partial charge on any atom is 0.247 e. The largest absolute Gasteiger partial charge is 0.324 e. The van der Waals surface area contributed by atoms with Crippen LogP contribution in [0.15, 0.2) is 30.5 Å². The highest BCUT2D eigenvalue weighted by Gasteiger charge is 2.39. The van der Waals surface area contributed by atoms with E-state index in [0.29, 0.717) is 22.6 Å². The Hall–Kier alpha value is -3.54. The van der Waals surface area contributed by atoms with E-state index < -0.39 is 12.2 Å². The number of carbonyl (C=O) groups is 1. The van der Waals surface area contributed by atoms with Crippen LogP contribution in [0.2, 0.25) is 0 Å². The van der Waals surface area contributed by atoms with Gasteiger partial charge in [-0.3, -0.25) is 9.89 Å². The fourth-order valence-electron chi connectivity index (χ4n) is 4.14. The van der Waals surface area contributed by atoms with Crippen molar-refractivity contribution in [3.8, 4) is 0 Å². The number of aryl methyl sites for hydroxylation is 1. The summed E-state index contributed by atoms with van der Waals surface area (Å²) in [5.41, 5.74) is 2.68. The van der Waals surface area contributed by atoms with Gasteiger partial charge in [0.05, 0.1) is 12.2 Å². The SMILES string of the molecule is Cc1cc(NC(=O)[C@@H]2C[C@@H](F)CN2c2nc(Nc3cc(C4CC4)[nH]n3)c3cccn3n2)sn1. The number of nitrogens with one attached hydrogen (secondary N) is 3. The maximum absolute atomic E-state index is 14.5. The summed E-state index contributed by atoms with van der Waals surface area (Å²) in [6, 6.07) is 6.80.